The lowest BCUT2D eigenvalue weighted by Gasteiger charge is -2.15. The molecule has 0 saturated carbocycles. The molecule has 0 bridgehead atoms. The summed E-state index contributed by atoms with van der Waals surface area (Å²) < 4.78 is 0.771. The molecule has 0 heterocycles. The van der Waals surface area contributed by atoms with Crippen molar-refractivity contribution in [1.29, 1.82) is 0 Å². The van der Waals surface area contributed by atoms with Crippen LogP contribution in [0.3, 0.4) is 0 Å². The smallest absolute Gasteiger partial charge is 0.326 e. The SMILES string of the molecule is O=C(CNC(=O)c1ccccc1)N[C@@H](Cc1ccccc1Br)C(=O)O. The lowest BCUT2D eigenvalue weighted by atomic mass is 10.1. The third-order valence-corrected chi connectivity index (χ3v) is 4.23. The summed E-state index contributed by atoms with van der Waals surface area (Å²) in [5, 5.41) is 14.2. The van der Waals surface area contributed by atoms with Gasteiger partial charge in [0.05, 0.1) is 6.54 Å². The number of halogens is 1. The molecule has 0 aliphatic rings. The Bertz CT molecular complexity index is 765. The predicted molar refractivity (Wildman–Crippen MR) is 96.2 cm³/mol. The Morgan fingerprint density at radius 2 is 1.64 bits per heavy atom. The van der Waals surface area contributed by atoms with Gasteiger partial charge in [0.25, 0.3) is 5.91 Å². The van der Waals surface area contributed by atoms with Crippen molar-refractivity contribution in [2.45, 2.75) is 12.5 Å². The van der Waals surface area contributed by atoms with Crippen molar-refractivity contribution >= 4 is 33.7 Å². The van der Waals surface area contributed by atoms with Gasteiger partial charge in [-0.05, 0) is 23.8 Å². The van der Waals surface area contributed by atoms with Crippen molar-refractivity contribution in [1.82, 2.24) is 10.6 Å². The summed E-state index contributed by atoms with van der Waals surface area (Å²) in [7, 11) is 0. The van der Waals surface area contributed by atoms with Gasteiger partial charge in [-0.15, -0.1) is 0 Å². The zero-order valence-electron chi connectivity index (χ0n) is 13.2. The number of carbonyl (C=O) groups excluding carboxylic acids is 2. The van der Waals surface area contributed by atoms with Crippen LogP contribution in [0.4, 0.5) is 0 Å². The Morgan fingerprint density at radius 1 is 1.00 bits per heavy atom. The highest BCUT2D eigenvalue weighted by Gasteiger charge is 2.21. The minimum absolute atomic E-state index is 0.134. The van der Waals surface area contributed by atoms with Crippen LogP contribution >= 0.6 is 15.9 Å². The minimum Gasteiger partial charge on any atom is -0.480 e. The van der Waals surface area contributed by atoms with Gasteiger partial charge in [0, 0.05) is 16.5 Å². The van der Waals surface area contributed by atoms with Gasteiger partial charge in [-0.25, -0.2) is 4.79 Å². The summed E-state index contributed by atoms with van der Waals surface area (Å²) in [5.74, 6) is -2.10. The van der Waals surface area contributed by atoms with Gasteiger partial charge in [-0.1, -0.05) is 52.3 Å². The van der Waals surface area contributed by atoms with Gasteiger partial charge < -0.3 is 15.7 Å². The van der Waals surface area contributed by atoms with Crippen LogP contribution in [-0.4, -0.2) is 35.5 Å². The summed E-state index contributed by atoms with van der Waals surface area (Å²) >= 11 is 3.35. The Labute approximate surface area is 153 Å². The van der Waals surface area contributed by atoms with Crippen LogP contribution < -0.4 is 10.6 Å². The molecule has 25 heavy (non-hydrogen) atoms. The highest BCUT2D eigenvalue weighted by atomic mass is 79.9. The molecular formula is C18H17BrN2O4. The van der Waals surface area contributed by atoms with Gasteiger partial charge in [0.15, 0.2) is 0 Å². The van der Waals surface area contributed by atoms with E-state index in [1.54, 1.807) is 48.5 Å². The number of benzene rings is 2. The number of rotatable bonds is 7. The first-order valence-corrected chi connectivity index (χ1v) is 8.35. The lowest BCUT2D eigenvalue weighted by molar-refractivity contribution is -0.141. The van der Waals surface area contributed by atoms with Crippen molar-refractivity contribution in [2.75, 3.05) is 6.54 Å². The summed E-state index contributed by atoms with van der Waals surface area (Å²) in [6.45, 7) is -0.298. The Hall–Kier alpha value is -2.67. The van der Waals surface area contributed by atoms with Crippen LogP contribution in [0.2, 0.25) is 0 Å². The van der Waals surface area contributed by atoms with E-state index in [0.717, 1.165) is 10.0 Å². The van der Waals surface area contributed by atoms with E-state index in [2.05, 4.69) is 26.6 Å². The molecule has 2 aromatic carbocycles. The Morgan fingerprint density at radius 3 is 2.28 bits per heavy atom. The average Bonchev–Trinajstić information content (AvgIpc) is 2.61. The topological polar surface area (TPSA) is 95.5 Å². The molecule has 0 unspecified atom stereocenters. The monoisotopic (exact) mass is 404 g/mol. The van der Waals surface area contributed by atoms with Gasteiger partial charge in [0.1, 0.15) is 6.04 Å². The van der Waals surface area contributed by atoms with Crippen LogP contribution in [0.1, 0.15) is 15.9 Å². The Kier molecular flexibility index (Phi) is 6.71. The van der Waals surface area contributed by atoms with Crippen LogP contribution in [0, 0.1) is 0 Å². The van der Waals surface area contributed by atoms with Gasteiger partial charge in [-0.3, -0.25) is 9.59 Å². The fourth-order valence-electron chi connectivity index (χ4n) is 2.18. The van der Waals surface area contributed by atoms with Crippen molar-refractivity contribution < 1.29 is 19.5 Å². The molecule has 2 rings (SSSR count). The summed E-state index contributed by atoms with van der Waals surface area (Å²) in [5.41, 5.74) is 1.20. The molecule has 0 aliphatic heterocycles. The summed E-state index contributed by atoms with van der Waals surface area (Å²) in [6.07, 6.45) is 0.134. The third-order valence-electron chi connectivity index (χ3n) is 3.46. The summed E-state index contributed by atoms with van der Waals surface area (Å²) in [4.78, 5) is 35.3. The third kappa shape index (κ3) is 5.72. The molecular weight excluding hydrogens is 388 g/mol. The maximum atomic E-state index is 12.0. The van der Waals surface area contributed by atoms with E-state index in [1.165, 1.54) is 0 Å². The lowest BCUT2D eigenvalue weighted by Crippen LogP contribution is -2.46. The van der Waals surface area contributed by atoms with Gasteiger partial charge in [-0.2, -0.15) is 0 Å². The fraction of sp³-hybridized carbons (Fsp3) is 0.167. The number of hydrogen-bond acceptors (Lipinski definition) is 3. The van der Waals surface area contributed by atoms with E-state index in [0.29, 0.717) is 5.56 Å². The summed E-state index contributed by atoms with van der Waals surface area (Å²) in [6, 6.07) is 14.6. The van der Waals surface area contributed by atoms with Crippen molar-refractivity contribution in [3.63, 3.8) is 0 Å². The highest BCUT2D eigenvalue weighted by molar-refractivity contribution is 9.10. The molecule has 0 spiro atoms. The molecule has 0 saturated heterocycles. The Balaban J connectivity index is 1.91. The van der Waals surface area contributed by atoms with E-state index in [1.807, 2.05) is 6.07 Å². The normalized spacial score (nSPS) is 11.4. The molecule has 2 aromatic rings. The second-order valence-corrected chi connectivity index (χ2v) is 6.16. The van der Waals surface area contributed by atoms with E-state index in [4.69, 9.17) is 0 Å². The van der Waals surface area contributed by atoms with Crippen LogP contribution in [-0.2, 0) is 16.0 Å². The highest BCUT2D eigenvalue weighted by Crippen LogP contribution is 2.17. The quantitative estimate of drug-likeness (QED) is 0.657. The number of nitrogens with one attached hydrogen (secondary N) is 2. The maximum absolute atomic E-state index is 12.0. The van der Waals surface area contributed by atoms with E-state index in [9.17, 15) is 19.5 Å². The molecule has 0 aliphatic carbocycles. The predicted octanol–water partition coefficient (Wildman–Crippen LogP) is 1.99. The van der Waals surface area contributed by atoms with Crippen LogP contribution in [0.15, 0.2) is 59.1 Å². The van der Waals surface area contributed by atoms with Gasteiger partial charge >= 0.3 is 5.97 Å². The van der Waals surface area contributed by atoms with E-state index in [-0.39, 0.29) is 13.0 Å². The number of aliphatic carboxylic acids is 1. The molecule has 1 atom stereocenters. The largest absolute Gasteiger partial charge is 0.480 e. The first-order valence-electron chi connectivity index (χ1n) is 7.56. The molecule has 3 N–H and O–H groups in total. The maximum Gasteiger partial charge on any atom is 0.326 e. The standard InChI is InChI=1S/C18H17BrN2O4/c19-14-9-5-4-8-13(14)10-15(18(24)25)21-16(22)11-20-17(23)12-6-2-1-3-7-12/h1-9,15H,10-11H2,(H,20,23)(H,21,22)(H,24,25)/t15-/m0/s1. The van der Waals surface area contributed by atoms with E-state index >= 15 is 0 Å². The average molecular weight is 405 g/mol. The number of amides is 2. The molecule has 2 amide bonds. The van der Waals surface area contributed by atoms with Crippen molar-refractivity contribution in [2.24, 2.45) is 0 Å². The van der Waals surface area contributed by atoms with E-state index < -0.39 is 23.8 Å². The number of hydrogen-bond donors (Lipinski definition) is 3. The molecule has 130 valence electrons. The second kappa shape index (κ2) is 8.98. The number of carboxylic acid groups (broad SMARTS) is 1. The molecule has 0 fully saturated rings. The van der Waals surface area contributed by atoms with Crippen molar-refractivity contribution in [3.8, 4) is 0 Å². The first-order chi connectivity index (χ1) is 12.0. The zero-order valence-corrected chi connectivity index (χ0v) is 14.8. The fourth-order valence-corrected chi connectivity index (χ4v) is 2.63. The van der Waals surface area contributed by atoms with Gasteiger partial charge in [0.2, 0.25) is 5.91 Å². The minimum atomic E-state index is -1.14. The number of carbonyl (C=O) groups is 3. The molecule has 0 aromatic heterocycles. The van der Waals surface area contributed by atoms with Crippen LogP contribution in [0.5, 0.6) is 0 Å². The van der Waals surface area contributed by atoms with Crippen molar-refractivity contribution in [3.05, 3.63) is 70.2 Å². The molecule has 7 heteroatoms. The molecule has 0 radical (unpaired) electrons. The molecule has 6 nitrogen and oxygen atoms in total. The van der Waals surface area contributed by atoms with Crippen LogP contribution in [0.25, 0.3) is 0 Å². The first kappa shape index (κ1) is 18.7. The zero-order chi connectivity index (χ0) is 18.2. The second-order valence-electron chi connectivity index (χ2n) is 5.30. The number of carboxylic acids is 1.